The second kappa shape index (κ2) is 7.56. The van der Waals surface area contributed by atoms with E-state index < -0.39 is 5.60 Å². The van der Waals surface area contributed by atoms with Gasteiger partial charge in [0.2, 0.25) is 0 Å². The van der Waals surface area contributed by atoms with E-state index in [0.717, 1.165) is 57.1 Å². The van der Waals surface area contributed by atoms with Gasteiger partial charge >= 0.3 is 6.09 Å². The fraction of sp³-hybridized carbons (Fsp3) is 0.722. The van der Waals surface area contributed by atoms with E-state index in [1.165, 1.54) is 0 Å². The Morgan fingerprint density at radius 2 is 2.04 bits per heavy atom. The molecule has 0 aliphatic carbocycles. The van der Waals surface area contributed by atoms with E-state index in [1.54, 1.807) is 6.33 Å². The molecule has 1 N–H and O–H groups in total. The van der Waals surface area contributed by atoms with Crippen LogP contribution in [0.5, 0.6) is 0 Å². The first kappa shape index (κ1) is 17.9. The number of nitrogens with zero attached hydrogens (tertiary/aromatic N) is 3. The minimum atomic E-state index is -0.479. The van der Waals surface area contributed by atoms with Crippen LogP contribution >= 0.6 is 0 Å². The molecule has 2 fully saturated rings. The minimum Gasteiger partial charge on any atom is -0.444 e. The number of anilines is 1. The third kappa shape index (κ3) is 5.04. The first-order valence-electron chi connectivity index (χ1n) is 9.05. The molecule has 0 aromatic carbocycles. The fourth-order valence-electron chi connectivity index (χ4n) is 3.31. The SMILES string of the molecule is CC(C)(C)OC(=O)NC1CCN(c2cc(C3CCOCC3)ncn2)C1. The Morgan fingerprint density at radius 1 is 1.28 bits per heavy atom. The Kier molecular flexibility index (Phi) is 5.42. The largest absolute Gasteiger partial charge is 0.444 e. The van der Waals surface area contributed by atoms with Gasteiger partial charge in [0.25, 0.3) is 0 Å². The van der Waals surface area contributed by atoms with E-state index in [9.17, 15) is 4.79 Å². The molecule has 138 valence electrons. The summed E-state index contributed by atoms with van der Waals surface area (Å²) in [7, 11) is 0. The highest BCUT2D eigenvalue weighted by Gasteiger charge is 2.27. The van der Waals surface area contributed by atoms with Gasteiger partial charge in [-0.3, -0.25) is 0 Å². The molecule has 25 heavy (non-hydrogen) atoms. The fourth-order valence-corrected chi connectivity index (χ4v) is 3.31. The smallest absolute Gasteiger partial charge is 0.407 e. The quantitative estimate of drug-likeness (QED) is 0.904. The lowest BCUT2D eigenvalue weighted by atomic mass is 9.96. The molecular formula is C18H28N4O3. The lowest BCUT2D eigenvalue weighted by molar-refractivity contribution is 0.0509. The van der Waals surface area contributed by atoms with Gasteiger partial charge in [-0.05, 0) is 40.0 Å². The Hall–Kier alpha value is -1.89. The molecule has 0 bridgehead atoms. The van der Waals surface area contributed by atoms with Gasteiger partial charge in [0, 0.05) is 44.0 Å². The average molecular weight is 348 g/mol. The summed E-state index contributed by atoms with van der Waals surface area (Å²) in [6.07, 6.45) is 4.20. The molecule has 0 saturated carbocycles. The highest BCUT2D eigenvalue weighted by Crippen LogP contribution is 2.28. The van der Waals surface area contributed by atoms with Gasteiger partial charge in [-0.2, -0.15) is 0 Å². The summed E-state index contributed by atoms with van der Waals surface area (Å²) in [5.41, 5.74) is 0.616. The van der Waals surface area contributed by atoms with Crippen molar-refractivity contribution in [2.45, 2.75) is 57.6 Å². The molecule has 1 aromatic rings. The standard InChI is InChI=1S/C18H28N4O3/c1-18(2,3)25-17(23)21-14-4-7-22(11-14)16-10-15(19-12-20-16)13-5-8-24-9-6-13/h10,12-14H,4-9,11H2,1-3H3,(H,21,23). The van der Waals surface area contributed by atoms with Crippen molar-refractivity contribution >= 4 is 11.9 Å². The third-order valence-electron chi connectivity index (χ3n) is 4.55. The van der Waals surface area contributed by atoms with Crippen molar-refractivity contribution < 1.29 is 14.3 Å². The molecular weight excluding hydrogens is 320 g/mol. The van der Waals surface area contributed by atoms with Gasteiger partial charge in [-0.1, -0.05) is 0 Å². The van der Waals surface area contributed by atoms with E-state index in [4.69, 9.17) is 9.47 Å². The summed E-state index contributed by atoms with van der Waals surface area (Å²) in [5, 5.41) is 2.95. The molecule has 1 amide bonds. The monoisotopic (exact) mass is 348 g/mol. The maximum Gasteiger partial charge on any atom is 0.407 e. The predicted molar refractivity (Wildman–Crippen MR) is 94.8 cm³/mol. The Morgan fingerprint density at radius 3 is 2.76 bits per heavy atom. The van der Waals surface area contributed by atoms with Gasteiger partial charge in [-0.15, -0.1) is 0 Å². The van der Waals surface area contributed by atoms with E-state index in [1.807, 2.05) is 20.8 Å². The summed E-state index contributed by atoms with van der Waals surface area (Å²) in [6.45, 7) is 8.81. The summed E-state index contributed by atoms with van der Waals surface area (Å²) < 4.78 is 10.8. The number of ether oxygens (including phenoxy) is 2. The number of aromatic nitrogens is 2. The van der Waals surface area contributed by atoms with E-state index in [-0.39, 0.29) is 12.1 Å². The lowest BCUT2D eigenvalue weighted by Gasteiger charge is -2.24. The number of alkyl carbamates (subject to hydrolysis) is 1. The third-order valence-corrected chi connectivity index (χ3v) is 4.55. The second-order valence-electron chi connectivity index (χ2n) is 7.77. The maximum absolute atomic E-state index is 11.9. The van der Waals surface area contributed by atoms with E-state index >= 15 is 0 Å². The van der Waals surface area contributed by atoms with Crippen LogP contribution in [0.2, 0.25) is 0 Å². The van der Waals surface area contributed by atoms with Crippen molar-refractivity contribution in [1.29, 1.82) is 0 Å². The number of rotatable bonds is 3. The molecule has 3 rings (SSSR count). The van der Waals surface area contributed by atoms with Crippen molar-refractivity contribution in [3.05, 3.63) is 18.1 Å². The van der Waals surface area contributed by atoms with E-state index in [0.29, 0.717) is 5.92 Å². The lowest BCUT2D eigenvalue weighted by Crippen LogP contribution is -2.40. The second-order valence-corrected chi connectivity index (χ2v) is 7.77. The van der Waals surface area contributed by atoms with Crippen LogP contribution < -0.4 is 10.2 Å². The van der Waals surface area contributed by atoms with Crippen molar-refractivity contribution in [2.24, 2.45) is 0 Å². The van der Waals surface area contributed by atoms with Crippen LogP contribution in [0.3, 0.4) is 0 Å². The zero-order chi connectivity index (χ0) is 17.9. The van der Waals surface area contributed by atoms with Gasteiger partial charge in [0.15, 0.2) is 0 Å². The zero-order valence-electron chi connectivity index (χ0n) is 15.3. The molecule has 7 nitrogen and oxygen atoms in total. The zero-order valence-corrected chi connectivity index (χ0v) is 15.3. The van der Waals surface area contributed by atoms with Gasteiger partial charge < -0.3 is 19.7 Å². The number of amides is 1. The molecule has 1 unspecified atom stereocenters. The molecule has 7 heteroatoms. The van der Waals surface area contributed by atoms with Crippen LogP contribution in [0.4, 0.5) is 10.6 Å². The Balaban J connectivity index is 1.57. The highest BCUT2D eigenvalue weighted by molar-refractivity contribution is 5.68. The van der Waals surface area contributed by atoms with Crippen LogP contribution in [-0.4, -0.2) is 54.0 Å². The number of hydrogen-bond acceptors (Lipinski definition) is 6. The van der Waals surface area contributed by atoms with Crippen molar-refractivity contribution in [1.82, 2.24) is 15.3 Å². The van der Waals surface area contributed by atoms with Gasteiger partial charge in [0.1, 0.15) is 17.7 Å². The number of carbonyl (C=O) groups is 1. The van der Waals surface area contributed by atoms with Gasteiger partial charge in [-0.25, -0.2) is 14.8 Å². The maximum atomic E-state index is 11.9. The molecule has 3 heterocycles. The van der Waals surface area contributed by atoms with Gasteiger partial charge in [0.05, 0.1) is 6.04 Å². The molecule has 0 radical (unpaired) electrons. The summed E-state index contributed by atoms with van der Waals surface area (Å²) in [5.74, 6) is 1.39. The molecule has 2 saturated heterocycles. The molecule has 2 aliphatic heterocycles. The summed E-state index contributed by atoms with van der Waals surface area (Å²) in [4.78, 5) is 23.0. The first-order valence-corrected chi connectivity index (χ1v) is 9.05. The Bertz CT molecular complexity index is 596. The van der Waals surface area contributed by atoms with Crippen LogP contribution in [-0.2, 0) is 9.47 Å². The normalized spacial score (nSPS) is 22.0. The number of carbonyl (C=O) groups excluding carboxylic acids is 1. The topological polar surface area (TPSA) is 76.6 Å². The molecule has 1 atom stereocenters. The minimum absolute atomic E-state index is 0.0799. The Labute approximate surface area is 149 Å². The highest BCUT2D eigenvalue weighted by atomic mass is 16.6. The number of hydrogen-bond donors (Lipinski definition) is 1. The number of nitrogens with one attached hydrogen (secondary N) is 1. The average Bonchev–Trinajstić information content (AvgIpc) is 3.02. The van der Waals surface area contributed by atoms with Crippen LogP contribution in [0.25, 0.3) is 0 Å². The summed E-state index contributed by atoms with van der Waals surface area (Å²) in [6, 6.07) is 2.17. The molecule has 1 aromatic heterocycles. The van der Waals surface area contributed by atoms with E-state index in [2.05, 4.69) is 26.3 Å². The van der Waals surface area contributed by atoms with Crippen LogP contribution in [0, 0.1) is 0 Å². The van der Waals surface area contributed by atoms with Crippen molar-refractivity contribution in [3.8, 4) is 0 Å². The molecule has 2 aliphatic rings. The van der Waals surface area contributed by atoms with Crippen LogP contribution in [0.1, 0.15) is 51.6 Å². The van der Waals surface area contributed by atoms with Crippen LogP contribution in [0.15, 0.2) is 12.4 Å². The summed E-state index contributed by atoms with van der Waals surface area (Å²) >= 11 is 0. The van der Waals surface area contributed by atoms with Crippen molar-refractivity contribution in [3.63, 3.8) is 0 Å². The predicted octanol–water partition coefficient (Wildman–Crippen LogP) is 2.47. The first-order chi connectivity index (χ1) is 11.9. The molecule has 0 spiro atoms. The van der Waals surface area contributed by atoms with Crippen molar-refractivity contribution in [2.75, 3.05) is 31.2 Å².